The minimum absolute atomic E-state index is 0.176. The molecule has 0 unspecified atom stereocenters. The van der Waals surface area contributed by atoms with Gasteiger partial charge in [-0.25, -0.2) is 0 Å². The molecule has 0 saturated carbocycles. The third kappa shape index (κ3) is 6.45. The first-order valence-corrected chi connectivity index (χ1v) is 11.0. The lowest BCUT2D eigenvalue weighted by molar-refractivity contribution is -0.141. The summed E-state index contributed by atoms with van der Waals surface area (Å²) in [5.74, 6) is -0.176. The van der Waals surface area contributed by atoms with E-state index in [1.54, 1.807) is 0 Å². The average molecular weight is 396 g/mol. The number of carbonyl (C=O) groups is 1. The zero-order valence-corrected chi connectivity index (χ0v) is 17.4. The quantitative estimate of drug-likeness (QED) is 0.291. The lowest BCUT2D eigenvalue weighted by Gasteiger charge is -2.20. The van der Waals surface area contributed by atoms with E-state index in [0.29, 0.717) is 6.61 Å². The fourth-order valence-electron chi connectivity index (χ4n) is 3.27. The van der Waals surface area contributed by atoms with Crippen LogP contribution in [0.5, 0.6) is 0 Å². The zero-order valence-electron chi connectivity index (χ0n) is 16.6. The van der Waals surface area contributed by atoms with Gasteiger partial charge in [0.25, 0.3) is 0 Å². The number of esters is 1. The number of hydrogen-bond donors (Lipinski definition) is 1. The molecule has 3 rings (SSSR count). The van der Waals surface area contributed by atoms with Crippen molar-refractivity contribution in [2.45, 2.75) is 61.7 Å². The Bertz CT molecular complexity index is 816. The molecule has 3 nitrogen and oxygen atoms in total. The highest BCUT2D eigenvalue weighted by molar-refractivity contribution is 7.99. The minimum Gasteiger partial charge on any atom is -0.466 e. The Morgan fingerprint density at radius 3 is 2.57 bits per heavy atom. The van der Waals surface area contributed by atoms with Crippen LogP contribution in [-0.4, -0.2) is 12.6 Å². The van der Waals surface area contributed by atoms with Crippen molar-refractivity contribution in [1.82, 2.24) is 0 Å². The van der Waals surface area contributed by atoms with E-state index in [-0.39, 0.29) is 5.97 Å². The first-order chi connectivity index (χ1) is 13.7. The van der Waals surface area contributed by atoms with Gasteiger partial charge in [0.2, 0.25) is 0 Å². The molecular formula is C24H29NO2S. The molecule has 0 spiro atoms. The van der Waals surface area contributed by atoms with Crippen LogP contribution in [0.2, 0.25) is 0 Å². The number of ether oxygens (including phenoxy) is 1. The molecule has 0 atom stereocenters. The maximum Gasteiger partial charge on any atom is 0.302 e. The van der Waals surface area contributed by atoms with Crippen LogP contribution in [0, 0.1) is 0 Å². The molecule has 148 valence electrons. The predicted octanol–water partition coefficient (Wildman–Crippen LogP) is 7.20. The van der Waals surface area contributed by atoms with Gasteiger partial charge >= 0.3 is 5.97 Å². The van der Waals surface area contributed by atoms with Gasteiger partial charge in [0.05, 0.1) is 18.0 Å². The van der Waals surface area contributed by atoms with Gasteiger partial charge in [0, 0.05) is 16.7 Å². The molecule has 0 saturated heterocycles. The predicted molar refractivity (Wildman–Crippen MR) is 118 cm³/mol. The van der Waals surface area contributed by atoms with E-state index in [1.807, 2.05) is 11.8 Å². The molecule has 2 aromatic rings. The number of rotatable bonds is 10. The number of hydrogen-bond acceptors (Lipinski definition) is 4. The van der Waals surface area contributed by atoms with Crippen LogP contribution >= 0.6 is 11.8 Å². The number of carbonyl (C=O) groups excluding carboxylic acids is 1. The number of fused-ring (bicyclic) bond motifs is 2. The van der Waals surface area contributed by atoms with Gasteiger partial charge in [-0.3, -0.25) is 4.79 Å². The molecule has 0 radical (unpaired) electrons. The van der Waals surface area contributed by atoms with E-state index < -0.39 is 0 Å². The second-order valence-electron chi connectivity index (χ2n) is 7.13. The molecule has 0 amide bonds. The smallest absolute Gasteiger partial charge is 0.302 e. The Labute approximate surface area is 172 Å². The summed E-state index contributed by atoms with van der Waals surface area (Å²) in [6.45, 7) is 2.03. The molecular weight excluding hydrogens is 366 g/mol. The summed E-state index contributed by atoms with van der Waals surface area (Å²) in [5.41, 5.74) is 3.63. The van der Waals surface area contributed by atoms with Crippen molar-refractivity contribution in [2.75, 3.05) is 11.9 Å². The van der Waals surface area contributed by atoms with Crippen LogP contribution in [0.15, 0.2) is 58.3 Å². The summed E-state index contributed by atoms with van der Waals surface area (Å²) in [5, 5.41) is 3.54. The van der Waals surface area contributed by atoms with Crippen molar-refractivity contribution in [3.63, 3.8) is 0 Å². The van der Waals surface area contributed by atoms with Crippen LogP contribution in [0.3, 0.4) is 0 Å². The molecule has 1 heterocycles. The third-order valence-corrected chi connectivity index (χ3v) is 5.91. The highest BCUT2D eigenvalue weighted by Crippen LogP contribution is 2.44. The number of benzene rings is 2. The van der Waals surface area contributed by atoms with Crippen LogP contribution in [0.25, 0.3) is 6.08 Å². The molecule has 0 bridgehead atoms. The summed E-state index contributed by atoms with van der Waals surface area (Å²) in [7, 11) is 0. The first-order valence-electron chi connectivity index (χ1n) is 10.2. The number of anilines is 2. The van der Waals surface area contributed by atoms with E-state index >= 15 is 0 Å². The number of para-hydroxylation sites is 1. The lowest BCUT2D eigenvalue weighted by Crippen LogP contribution is -2.00. The van der Waals surface area contributed by atoms with Crippen molar-refractivity contribution < 1.29 is 9.53 Å². The van der Waals surface area contributed by atoms with Crippen LogP contribution < -0.4 is 5.32 Å². The van der Waals surface area contributed by atoms with Crippen LogP contribution in [-0.2, 0) is 9.53 Å². The fourth-order valence-corrected chi connectivity index (χ4v) is 4.24. The summed E-state index contributed by atoms with van der Waals surface area (Å²) < 4.78 is 4.94. The fraction of sp³-hybridized carbons (Fsp3) is 0.375. The molecule has 1 aliphatic rings. The zero-order chi connectivity index (χ0) is 19.6. The van der Waals surface area contributed by atoms with E-state index in [1.165, 1.54) is 59.3 Å². The molecule has 4 heteroatoms. The van der Waals surface area contributed by atoms with Gasteiger partial charge < -0.3 is 10.1 Å². The summed E-state index contributed by atoms with van der Waals surface area (Å²) in [4.78, 5) is 13.2. The summed E-state index contributed by atoms with van der Waals surface area (Å²) in [6, 6.07) is 15.1. The monoisotopic (exact) mass is 395 g/mol. The van der Waals surface area contributed by atoms with Crippen molar-refractivity contribution in [2.24, 2.45) is 0 Å². The Morgan fingerprint density at radius 1 is 0.964 bits per heavy atom. The molecule has 1 aliphatic heterocycles. The van der Waals surface area contributed by atoms with Gasteiger partial charge in [-0.05, 0) is 49.1 Å². The van der Waals surface area contributed by atoms with E-state index in [9.17, 15) is 4.79 Å². The number of allylic oxidation sites excluding steroid dienone is 1. The Hall–Kier alpha value is -2.20. The largest absolute Gasteiger partial charge is 0.466 e. The van der Waals surface area contributed by atoms with E-state index in [2.05, 4.69) is 59.9 Å². The van der Waals surface area contributed by atoms with Crippen molar-refractivity contribution >= 4 is 35.2 Å². The summed E-state index contributed by atoms with van der Waals surface area (Å²) >= 11 is 1.83. The van der Waals surface area contributed by atoms with Crippen molar-refractivity contribution in [3.05, 3.63) is 54.1 Å². The molecule has 0 aromatic heterocycles. The van der Waals surface area contributed by atoms with Crippen LogP contribution in [0.4, 0.5) is 11.4 Å². The van der Waals surface area contributed by atoms with Crippen molar-refractivity contribution in [1.29, 1.82) is 0 Å². The standard InChI is InChI=1S/C24H29NO2S/c1-19(26)27-17-11-7-5-3-2-4-6-8-12-20-15-16-24-22(18-20)25-21-13-9-10-14-23(21)28-24/h8-10,12-16,18,25H,2-7,11,17H2,1H3/b12-8+. The highest BCUT2D eigenvalue weighted by atomic mass is 32.2. The third-order valence-electron chi connectivity index (χ3n) is 4.76. The number of nitrogens with one attached hydrogen (secondary N) is 1. The van der Waals surface area contributed by atoms with Crippen molar-refractivity contribution in [3.8, 4) is 0 Å². The molecule has 2 aromatic carbocycles. The number of unbranched alkanes of at least 4 members (excludes halogenated alkanes) is 6. The Morgan fingerprint density at radius 2 is 1.71 bits per heavy atom. The normalized spacial score (nSPS) is 12.3. The second-order valence-corrected chi connectivity index (χ2v) is 8.22. The van der Waals surface area contributed by atoms with E-state index in [0.717, 1.165) is 19.3 Å². The first kappa shape index (κ1) is 20.5. The maximum atomic E-state index is 10.7. The topological polar surface area (TPSA) is 38.3 Å². The average Bonchev–Trinajstić information content (AvgIpc) is 2.70. The minimum atomic E-state index is -0.176. The van der Waals surface area contributed by atoms with Gasteiger partial charge in [-0.2, -0.15) is 0 Å². The second kappa shape index (κ2) is 11.0. The molecule has 0 fully saturated rings. The Balaban J connectivity index is 1.33. The SMILES string of the molecule is CC(=O)OCCCCCCCC/C=C/c1ccc2c(c1)Nc1ccccc1S2. The highest BCUT2D eigenvalue weighted by Gasteiger charge is 2.14. The lowest BCUT2D eigenvalue weighted by atomic mass is 10.1. The van der Waals surface area contributed by atoms with Gasteiger partial charge in [-0.15, -0.1) is 0 Å². The van der Waals surface area contributed by atoms with Gasteiger partial charge in [0.15, 0.2) is 0 Å². The summed E-state index contributed by atoms with van der Waals surface area (Å²) in [6.07, 6.45) is 12.7. The Kier molecular flexibility index (Phi) is 8.04. The van der Waals surface area contributed by atoms with Gasteiger partial charge in [0.1, 0.15) is 0 Å². The maximum absolute atomic E-state index is 10.7. The van der Waals surface area contributed by atoms with Gasteiger partial charge in [-0.1, -0.05) is 67.8 Å². The molecule has 0 aliphatic carbocycles. The molecule has 28 heavy (non-hydrogen) atoms. The van der Waals surface area contributed by atoms with Crippen LogP contribution in [0.1, 0.15) is 57.4 Å². The molecule has 1 N–H and O–H groups in total. The van der Waals surface area contributed by atoms with E-state index in [4.69, 9.17) is 4.74 Å².